The van der Waals surface area contributed by atoms with E-state index in [-0.39, 0.29) is 12.2 Å². The molecular formula is C29H30O9. The molecule has 9 heteroatoms. The van der Waals surface area contributed by atoms with Crippen molar-refractivity contribution in [2.45, 2.75) is 44.6 Å². The number of hydrogen-bond donors (Lipinski definition) is 2. The number of rotatable bonds is 8. The summed E-state index contributed by atoms with van der Waals surface area (Å²) in [5.74, 6) is -0.403. The number of methoxy groups -OCH3 is 1. The van der Waals surface area contributed by atoms with E-state index in [2.05, 4.69) is 0 Å². The Morgan fingerprint density at radius 1 is 0.763 bits per heavy atom. The molecule has 9 nitrogen and oxygen atoms in total. The van der Waals surface area contributed by atoms with Crippen molar-refractivity contribution in [3.05, 3.63) is 95.1 Å². The normalized spacial score (nSPS) is 22.8. The third-order valence-corrected chi connectivity index (χ3v) is 6.15. The molecule has 0 aliphatic carbocycles. The van der Waals surface area contributed by atoms with Gasteiger partial charge in [-0.3, -0.25) is 0 Å². The molecule has 2 unspecified atom stereocenters. The second-order valence-electron chi connectivity index (χ2n) is 9.02. The summed E-state index contributed by atoms with van der Waals surface area (Å²) in [6.07, 6.45) is -6.99. The van der Waals surface area contributed by atoms with Gasteiger partial charge in [0.1, 0.15) is 36.4 Å². The minimum Gasteiger partial charge on any atom is -0.497 e. The lowest BCUT2D eigenvalue weighted by molar-refractivity contribution is -0.276. The molecular weight excluding hydrogens is 492 g/mol. The Balaban J connectivity index is 1.51. The topological polar surface area (TPSA) is 121 Å². The van der Waals surface area contributed by atoms with Crippen LogP contribution in [0.5, 0.6) is 11.5 Å². The Kier molecular flexibility index (Phi) is 8.62. The zero-order valence-electron chi connectivity index (χ0n) is 21.3. The highest BCUT2D eigenvalue weighted by Gasteiger charge is 2.48. The van der Waals surface area contributed by atoms with E-state index in [1.807, 2.05) is 13.8 Å². The quantitative estimate of drug-likeness (QED) is 0.430. The number of aliphatic hydroxyl groups excluding tert-OH is 2. The van der Waals surface area contributed by atoms with Crippen LogP contribution < -0.4 is 9.47 Å². The van der Waals surface area contributed by atoms with Crippen molar-refractivity contribution in [3.63, 3.8) is 0 Å². The van der Waals surface area contributed by atoms with Crippen molar-refractivity contribution in [1.29, 1.82) is 0 Å². The third kappa shape index (κ3) is 6.49. The Labute approximate surface area is 220 Å². The summed E-state index contributed by atoms with van der Waals surface area (Å²) < 4.78 is 27.8. The summed E-state index contributed by atoms with van der Waals surface area (Å²) in [6.45, 7) is 3.41. The van der Waals surface area contributed by atoms with Gasteiger partial charge >= 0.3 is 11.9 Å². The van der Waals surface area contributed by atoms with Gasteiger partial charge in [0.2, 0.25) is 6.29 Å². The van der Waals surface area contributed by atoms with Crippen LogP contribution in [0.25, 0.3) is 0 Å². The smallest absolute Gasteiger partial charge is 0.338 e. The molecule has 0 bridgehead atoms. The number of hydrogen-bond acceptors (Lipinski definition) is 9. The van der Waals surface area contributed by atoms with Crippen molar-refractivity contribution in [2.75, 3.05) is 13.7 Å². The molecule has 1 saturated heterocycles. The van der Waals surface area contributed by atoms with E-state index in [4.69, 9.17) is 23.7 Å². The second kappa shape index (κ2) is 12.1. The lowest BCUT2D eigenvalue weighted by atomic mass is 9.99. The van der Waals surface area contributed by atoms with E-state index in [0.717, 1.165) is 11.1 Å². The fourth-order valence-electron chi connectivity index (χ4n) is 3.86. The molecule has 38 heavy (non-hydrogen) atoms. The van der Waals surface area contributed by atoms with Gasteiger partial charge in [0.25, 0.3) is 0 Å². The molecule has 0 saturated carbocycles. The summed E-state index contributed by atoms with van der Waals surface area (Å²) >= 11 is 0. The van der Waals surface area contributed by atoms with E-state index < -0.39 is 42.6 Å². The molecule has 0 aromatic heterocycles. The van der Waals surface area contributed by atoms with Gasteiger partial charge in [0.05, 0.1) is 18.2 Å². The average molecular weight is 523 g/mol. The summed E-state index contributed by atoms with van der Waals surface area (Å²) in [5.41, 5.74) is 2.54. The van der Waals surface area contributed by atoms with Crippen LogP contribution in [0.4, 0.5) is 0 Å². The number of esters is 2. The van der Waals surface area contributed by atoms with Gasteiger partial charge in [-0.1, -0.05) is 35.4 Å². The number of carbonyl (C=O) groups excluding carboxylic acids is 2. The molecule has 200 valence electrons. The van der Waals surface area contributed by atoms with Crippen molar-refractivity contribution < 1.29 is 43.5 Å². The maximum atomic E-state index is 12.8. The summed E-state index contributed by atoms with van der Waals surface area (Å²) in [6, 6.07) is 20.1. The van der Waals surface area contributed by atoms with E-state index in [1.54, 1.807) is 72.8 Å². The summed E-state index contributed by atoms with van der Waals surface area (Å²) in [4.78, 5) is 25.3. The minimum absolute atomic E-state index is 0.259. The maximum absolute atomic E-state index is 12.8. The summed E-state index contributed by atoms with van der Waals surface area (Å²) in [7, 11) is 1.53. The monoisotopic (exact) mass is 522 g/mol. The van der Waals surface area contributed by atoms with Crippen LogP contribution in [0.1, 0.15) is 31.8 Å². The first-order valence-corrected chi connectivity index (χ1v) is 12.1. The Bertz CT molecular complexity index is 1220. The first-order valence-electron chi connectivity index (χ1n) is 12.1. The number of carbonyl (C=O) groups is 2. The Morgan fingerprint density at radius 2 is 1.29 bits per heavy atom. The van der Waals surface area contributed by atoms with Gasteiger partial charge in [0, 0.05) is 0 Å². The molecule has 4 rings (SSSR count). The van der Waals surface area contributed by atoms with Crippen LogP contribution in [-0.2, 0) is 14.2 Å². The largest absolute Gasteiger partial charge is 0.497 e. The molecule has 1 heterocycles. The van der Waals surface area contributed by atoms with Crippen LogP contribution in [0.2, 0.25) is 0 Å². The Hall–Kier alpha value is -3.92. The van der Waals surface area contributed by atoms with Crippen molar-refractivity contribution in [1.82, 2.24) is 0 Å². The van der Waals surface area contributed by atoms with Crippen molar-refractivity contribution in [3.8, 4) is 11.5 Å². The van der Waals surface area contributed by atoms with E-state index in [1.165, 1.54) is 7.11 Å². The highest BCUT2D eigenvalue weighted by atomic mass is 16.7. The molecule has 1 aliphatic heterocycles. The van der Waals surface area contributed by atoms with Gasteiger partial charge in [-0.15, -0.1) is 0 Å². The fourth-order valence-corrected chi connectivity index (χ4v) is 3.86. The Morgan fingerprint density at radius 3 is 1.84 bits per heavy atom. The molecule has 3 aromatic carbocycles. The lowest BCUT2D eigenvalue weighted by Gasteiger charge is -2.41. The highest BCUT2D eigenvalue weighted by molar-refractivity contribution is 5.90. The zero-order valence-corrected chi connectivity index (χ0v) is 21.3. The SMILES string of the molecule is COc1ccc(O[C@@H]2OC(COC(=O)c3ccc(C)cc3)[C@H](O)[C@@H](O)C2OC(=O)c2ccc(C)cc2)cc1. The first kappa shape index (κ1) is 27.1. The van der Waals surface area contributed by atoms with Gasteiger partial charge in [-0.05, 0) is 62.4 Å². The predicted molar refractivity (Wildman–Crippen MR) is 136 cm³/mol. The molecule has 0 spiro atoms. The standard InChI is InChI=1S/C29H30O9/c1-17-4-8-19(9-5-17)27(32)35-16-23-24(30)25(31)26(38-28(33)20-10-6-18(2)7-11-20)29(37-23)36-22-14-12-21(34-3)13-15-22/h4-15,23-26,29-31H,16H2,1-3H3/t23?,24-,25+,26?,29+/m0/s1. The molecule has 1 fully saturated rings. The van der Waals surface area contributed by atoms with Crippen LogP contribution in [0.15, 0.2) is 72.8 Å². The first-order chi connectivity index (χ1) is 18.2. The van der Waals surface area contributed by atoms with Gasteiger partial charge in [-0.25, -0.2) is 9.59 Å². The van der Waals surface area contributed by atoms with Crippen LogP contribution in [0.3, 0.4) is 0 Å². The third-order valence-electron chi connectivity index (χ3n) is 6.15. The predicted octanol–water partition coefficient (Wildman–Crippen LogP) is 3.22. The number of benzene rings is 3. The van der Waals surface area contributed by atoms with E-state index in [9.17, 15) is 19.8 Å². The molecule has 5 atom stereocenters. The maximum Gasteiger partial charge on any atom is 0.338 e. The van der Waals surface area contributed by atoms with E-state index >= 15 is 0 Å². The van der Waals surface area contributed by atoms with Crippen LogP contribution in [-0.4, -0.2) is 66.6 Å². The van der Waals surface area contributed by atoms with Gasteiger partial charge < -0.3 is 33.9 Å². The number of aryl methyl sites for hydroxylation is 2. The fraction of sp³-hybridized carbons (Fsp3) is 0.310. The summed E-state index contributed by atoms with van der Waals surface area (Å²) in [5, 5.41) is 21.7. The molecule has 1 aliphatic rings. The average Bonchev–Trinajstić information content (AvgIpc) is 2.93. The molecule has 3 aromatic rings. The van der Waals surface area contributed by atoms with Crippen molar-refractivity contribution in [2.24, 2.45) is 0 Å². The second-order valence-corrected chi connectivity index (χ2v) is 9.02. The zero-order chi connectivity index (χ0) is 27.2. The van der Waals surface area contributed by atoms with Gasteiger partial charge in [0.15, 0.2) is 6.10 Å². The molecule has 2 N–H and O–H groups in total. The van der Waals surface area contributed by atoms with Crippen molar-refractivity contribution >= 4 is 11.9 Å². The molecule has 0 amide bonds. The lowest BCUT2D eigenvalue weighted by Crippen LogP contribution is -2.61. The van der Waals surface area contributed by atoms with Crippen LogP contribution >= 0.6 is 0 Å². The number of aliphatic hydroxyl groups is 2. The van der Waals surface area contributed by atoms with E-state index in [0.29, 0.717) is 17.1 Å². The van der Waals surface area contributed by atoms with Gasteiger partial charge in [-0.2, -0.15) is 0 Å². The highest BCUT2D eigenvalue weighted by Crippen LogP contribution is 2.28. The number of ether oxygens (including phenoxy) is 5. The minimum atomic E-state index is -1.59. The molecule has 0 radical (unpaired) electrons. The van der Waals surface area contributed by atoms with Crippen LogP contribution in [0, 0.1) is 13.8 Å².